The van der Waals surface area contributed by atoms with E-state index in [0.29, 0.717) is 12.5 Å². The van der Waals surface area contributed by atoms with Crippen molar-refractivity contribution in [2.24, 2.45) is 11.8 Å². The van der Waals surface area contributed by atoms with Crippen molar-refractivity contribution in [1.82, 2.24) is 10.5 Å². The number of carbonyl (C=O) groups excluding carboxylic acids is 1. The van der Waals surface area contributed by atoms with Crippen LogP contribution >= 0.6 is 0 Å². The number of hydrogen-bond acceptors (Lipinski definition) is 3. The molecule has 1 aromatic heterocycles. The highest BCUT2D eigenvalue weighted by atomic mass is 16.5. The predicted molar refractivity (Wildman–Crippen MR) is 71.1 cm³/mol. The lowest BCUT2D eigenvalue weighted by Gasteiger charge is -2.00. The molecule has 0 aliphatic heterocycles. The van der Waals surface area contributed by atoms with Gasteiger partial charge in [-0.1, -0.05) is 42.4 Å². The molecule has 1 amide bonds. The third-order valence-corrected chi connectivity index (χ3v) is 3.51. The summed E-state index contributed by atoms with van der Waals surface area (Å²) in [7, 11) is 0. The Kier molecular flexibility index (Phi) is 3.07. The van der Waals surface area contributed by atoms with E-state index in [4.69, 9.17) is 4.52 Å². The number of benzene rings is 1. The van der Waals surface area contributed by atoms with Crippen LogP contribution in [-0.2, 0) is 11.3 Å². The highest BCUT2D eigenvalue weighted by molar-refractivity contribution is 5.81. The zero-order valence-electron chi connectivity index (χ0n) is 10.8. The van der Waals surface area contributed by atoms with Crippen LogP contribution in [0.1, 0.15) is 19.0 Å². The van der Waals surface area contributed by atoms with Crippen molar-refractivity contribution in [3.8, 4) is 11.3 Å². The zero-order valence-corrected chi connectivity index (χ0v) is 10.8. The van der Waals surface area contributed by atoms with Crippen LogP contribution in [0.4, 0.5) is 0 Å². The molecule has 4 heteroatoms. The Morgan fingerprint density at radius 1 is 1.42 bits per heavy atom. The van der Waals surface area contributed by atoms with Crippen LogP contribution in [0, 0.1) is 11.8 Å². The van der Waals surface area contributed by atoms with E-state index in [2.05, 4.69) is 17.4 Å². The average Bonchev–Trinajstić information content (AvgIpc) is 3.00. The third-order valence-electron chi connectivity index (χ3n) is 3.51. The summed E-state index contributed by atoms with van der Waals surface area (Å²) in [5, 5.41) is 6.87. The summed E-state index contributed by atoms with van der Waals surface area (Å²) in [5.74, 6) is 1.57. The fraction of sp³-hybridized carbons (Fsp3) is 0.333. The van der Waals surface area contributed by atoms with E-state index >= 15 is 0 Å². The average molecular weight is 256 g/mol. The molecule has 1 heterocycles. The maximum absolute atomic E-state index is 11.7. The summed E-state index contributed by atoms with van der Waals surface area (Å²) in [4.78, 5) is 11.7. The minimum Gasteiger partial charge on any atom is -0.356 e. The number of amides is 1. The molecular formula is C15H16N2O2. The van der Waals surface area contributed by atoms with E-state index in [1.165, 1.54) is 0 Å². The molecule has 0 bridgehead atoms. The minimum absolute atomic E-state index is 0.122. The third kappa shape index (κ3) is 2.67. The fourth-order valence-corrected chi connectivity index (χ4v) is 2.13. The number of nitrogens with zero attached hydrogens (tertiary/aromatic N) is 1. The summed E-state index contributed by atoms with van der Waals surface area (Å²) in [6, 6.07) is 11.7. The fourth-order valence-electron chi connectivity index (χ4n) is 2.13. The largest absolute Gasteiger partial charge is 0.356 e. The van der Waals surface area contributed by atoms with Crippen molar-refractivity contribution < 1.29 is 9.32 Å². The molecule has 98 valence electrons. The summed E-state index contributed by atoms with van der Waals surface area (Å²) in [6.07, 6.45) is 1.000. The molecule has 1 N–H and O–H groups in total. The molecule has 1 aromatic carbocycles. The quantitative estimate of drug-likeness (QED) is 0.914. The number of nitrogens with one attached hydrogen (secondary N) is 1. The monoisotopic (exact) mass is 256 g/mol. The molecule has 0 spiro atoms. The molecule has 1 aliphatic carbocycles. The van der Waals surface area contributed by atoms with Crippen LogP contribution in [0.5, 0.6) is 0 Å². The van der Waals surface area contributed by atoms with E-state index in [9.17, 15) is 4.79 Å². The summed E-state index contributed by atoms with van der Waals surface area (Å²) in [5.41, 5.74) is 1.74. The van der Waals surface area contributed by atoms with E-state index in [0.717, 1.165) is 23.4 Å². The Morgan fingerprint density at radius 2 is 2.16 bits per heavy atom. The van der Waals surface area contributed by atoms with Gasteiger partial charge >= 0.3 is 0 Å². The second-order valence-electron chi connectivity index (χ2n) is 5.09. The lowest BCUT2D eigenvalue weighted by atomic mass is 10.1. The first-order valence-electron chi connectivity index (χ1n) is 6.53. The molecule has 1 saturated carbocycles. The number of rotatable bonds is 4. The molecule has 1 aliphatic rings. The van der Waals surface area contributed by atoms with Gasteiger partial charge in [0.15, 0.2) is 5.76 Å². The topological polar surface area (TPSA) is 55.1 Å². The van der Waals surface area contributed by atoms with Gasteiger partial charge < -0.3 is 9.84 Å². The molecular weight excluding hydrogens is 240 g/mol. The van der Waals surface area contributed by atoms with E-state index < -0.39 is 0 Å². The standard InChI is InChI=1S/C15H16N2O2/c1-10-7-13(10)15(18)16-9-12-8-14(19-17-12)11-5-3-2-4-6-11/h2-6,8,10,13H,7,9H2,1H3,(H,16,18)/t10-,13-/m1/s1. The smallest absolute Gasteiger partial charge is 0.223 e. The Labute approximate surface area is 111 Å². The van der Waals surface area contributed by atoms with E-state index in [1.807, 2.05) is 36.4 Å². The molecule has 2 atom stereocenters. The maximum Gasteiger partial charge on any atom is 0.223 e. The van der Waals surface area contributed by atoms with Crippen molar-refractivity contribution in [3.05, 3.63) is 42.1 Å². The number of hydrogen-bond donors (Lipinski definition) is 1. The van der Waals surface area contributed by atoms with Gasteiger partial charge in [0.05, 0.1) is 6.54 Å². The van der Waals surface area contributed by atoms with Crippen LogP contribution in [0.25, 0.3) is 11.3 Å². The summed E-state index contributed by atoms with van der Waals surface area (Å²) >= 11 is 0. The van der Waals surface area contributed by atoms with Gasteiger partial charge in [0, 0.05) is 17.5 Å². The molecule has 0 unspecified atom stereocenters. The Morgan fingerprint density at radius 3 is 2.84 bits per heavy atom. The lowest BCUT2D eigenvalue weighted by Crippen LogP contribution is -2.24. The Hall–Kier alpha value is -2.10. The highest BCUT2D eigenvalue weighted by Gasteiger charge is 2.38. The van der Waals surface area contributed by atoms with Gasteiger partial charge in [0.25, 0.3) is 0 Å². The predicted octanol–water partition coefficient (Wildman–Crippen LogP) is 2.61. The Balaban J connectivity index is 1.61. The molecule has 1 fully saturated rings. The van der Waals surface area contributed by atoms with Gasteiger partial charge in [-0.25, -0.2) is 0 Å². The molecule has 3 rings (SSSR count). The van der Waals surface area contributed by atoms with Crippen molar-refractivity contribution in [2.75, 3.05) is 0 Å². The zero-order chi connectivity index (χ0) is 13.2. The van der Waals surface area contributed by atoms with Crippen molar-refractivity contribution >= 4 is 5.91 Å². The van der Waals surface area contributed by atoms with Crippen molar-refractivity contribution in [2.45, 2.75) is 19.9 Å². The molecule has 19 heavy (non-hydrogen) atoms. The Bertz CT molecular complexity index is 577. The van der Waals surface area contributed by atoms with Gasteiger partial charge in [-0.15, -0.1) is 0 Å². The van der Waals surface area contributed by atoms with E-state index in [1.54, 1.807) is 0 Å². The van der Waals surface area contributed by atoms with Crippen LogP contribution in [-0.4, -0.2) is 11.1 Å². The lowest BCUT2D eigenvalue weighted by molar-refractivity contribution is -0.122. The normalized spacial score (nSPS) is 21.1. The first-order chi connectivity index (χ1) is 9.24. The van der Waals surface area contributed by atoms with Gasteiger partial charge in [0.2, 0.25) is 5.91 Å². The maximum atomic E-state index is 11.7. The van der Waals surface area contributed by atoms with Gasteiger partial charge in [-0.05, 0) is 12.3 Å². The van der Waals surface area contributed by atoms with Crippen LogP contribution < -0.4 is 5.32 Å². The van der Waals surface area contributed by atoms with E-state index in [-0.39, 0.29) is 11.8 Å². The number of aromatic nitrogens is 1. The summed E-state index contributed by atoms with van der Waals surface area (Å²) in [6.45, 7) is 2.52. The van der Waals surface area contributed by atoms with Gasteiger partial charge in [-0.2, -0.15) is 0 Å². The summed E-state index contributed by atoms with van der Waals surface area (Å²) < 4.78 is 5.28. The van der Waals surface area contributed by atoms with Crippen molar-refractivity contribution in [1.29, 1.82) is 0 Å². The SMILES string of the molecule is C[C@@H]1C[C@H]1C(=O)NCc1cc(-c2ccccc2)on1. The second-order valence-corrected chi connectivity index (χ2v) is 5.09. The molecule has 0 radical (unpaired) electrons. The minimum atomic E-state index is 0.122. The molecule has 0 saturated heterocycles. The molecule has 4 nitrogen and oxygen atoms in total. The highest BCUT2D eigenvalue weighted by Crippen LogP contribution is 2.37. The van der Waals surface area contributed by atoms with Crippen LogP contribution in [0.15, 0.2) is 40.9 Å². The van der Waals surface area contributed by atoms with Crippen molar-refractivity contribution in [3.63, 3.8) is 0 Å². The number of carbonyl (C=O) groups is 1. The first kappa shape index (κ1) is 12.0. The van der Waals surface area contributed by atoms with Gasteiger partial charge in [-0.3, -0.25) is 4.79 Å². The van der Waals surface area contributed by atoms with Crippen LogP contribution in [0.2, 0.25) is 0 Å². The second kappa shape index (κ2) is 4.88. The first-order valence-corrected chi connectivity index (χ1v) is 6.53. The van der Waals surface area contributed by atoms with Gasteiger partial charge in [0.1, 0.15) is 5.69 Å². The van der Waals surface area contributed by atoms with Crippen LogP contribution in [0.3, 0.4) is 0 Å². The molecule has 2 aromatic rings.